The van der Waals surface area contributed by atoms with Gasteiger partial charge in [-0.3, -0.25) is 9.78 Å². The number of pyridine rings is 1. The topological polar surface area (TPSA) is 57.3 Å². The Morgan fingerprint density at radius 2 is 2.17 bits per heavy atom. The van der Waals surface area contributed by atoms with Crippen LogP contribution in [-0.4, -0.2) is 38.1 Å². The fraction of sp³-hybridized carbons (Fsp3) is 0.538. The Bertz CT molecular complexity index is 413. The number of amides is 1. The van der Waals surface area contributed by atoms with Gasteiger partial charge >= 0.3 is 0 Å². The maximum Gasteiger partial charge on any atom is 0.227 e. The van der Waals surface area contributed by atoms with Crippen molar-refractivity contribution in [3.63, 3.8) is 0 Å². The summed E-state index contributed by atoms with van der Waals surface area (Å²) in [7, 11) is 3.91. The molecule has 0 spiro atoms. The third-order valence-corrected chi connectivity index (χ3v) is 3.25. The zero-order chi connectivity index (χ0) is 13.0. The molecule has 5 heteroatoms. The maximum atomic E-state index is 12.2. The molecule has 1 fully saturated rings. The summed E-state index contributed by atoms with van der Waals surface area (Å²) in [5.74, 6) is 0.217. The first-order valence-electron chi connectivity index (χ1n) is 6.31. The quantitative estimate of drug-likeness (QED) is 0.840. The van der Waals surface area contributed by atoms with Gasteiger partial charge in [-0.1, -0.05) is 0 Å². The minimum atomic E-state index is 0.104. The van der Waals surface area contributed by atoms with Crippen LogP contribution in [0.1, 0.15) is 12.8 Å². The number of rotatable bonds is 3. The van der Waals surface area contributed by atoms with Crippen LogP contribution in [0.15, 0.2) is 18.5 Å². The SMILES string of the molecule is CN(C)c1ccncc1NC(=O)C1CCNCC1. The third-order valence-electron chi connectivity index (χ3n) is 3.25. The van der Waals surface area contributed by atoms with Crippen molar-refractivity contribution in [2.45, 2.75) is 12.8 Å². The van der Waals surface area contributed by atoms with Crippen molar-refractivity contribution in [1.82, 2.24) is 10.3 Å². The van der Waals surface area contributed by atoms with Crippen LogP contribution in [0, 0.1) is 5.92 Å². The van der Waals surface area contributed by atoms with E-state index >= 15 is 0 Å². The predicted octanol–water partition coefficient (Wildman–Crippen LogP) is 1.09. The number of piperidine rings is 1. The van der Waals surface area contributed by atoms with Crippen molar-refractivity contribution in [2.75, 3.05) is 37.4 Å². The van der Waals surface area contributed by atoms with Gasteiger partial charge in [0.25, 0.3) is 0 Å². The Labute approximate surface area is 108 Å². The summed E-state index contributed by atoms with van der Waals surface area (Å²) in [5, 5.41) is 6.25. The summed E-state index contributed by atoms with van der Waals surface area (Å²) < 4.78 is 0. The summed E-state index contributed by atoms with van der Waals surface area (Å²) >= 11 is 0. The van der Waals surface area contributed by atoms with E-state index in [1.54, 1.807) is 12.4 Å². The second kappa shape index (κ2) is 5.82. The average molecular weight is 248 g/mol. The zero-order valence-corrected chi connectivity index (χ0v) is 10.9. The first kappa shape index (κ1) is 12.8. The molecule has 1 aromatic heterocycles. The minimum absolute atomic E-state index is 0.104. The normalized spacial score (nSPS) is 16.3. The van der Waals surface area contributed by atoms with Crippen LogP contribution in [0.5, 0.6) is 0 Å². The third kappa shape index (κ3) is 2.98. The lowest BCUT2D eigenvalue weighted by Gasteiger charge is -2.23. The van der Waals surface area contributed by atoms with Crippen molar-refractivity contribution < 1.29 is 4.79 Å². The number of anilines is 2. The Kier molecular flexibility index (Phi) is 4.15. The van der Waals surface area contributed by atoms with Crippen molar-refractivity contribution in [3.05, 3.63) is 18.5 Å². The van der Waals surface area contributed by atoms with Gasteiger partial charge in [-0.15, -0.1) is 0 Å². The first-order chi connectivity index (χ1) is 8.68. The molecule has 98 valence electrons. The smallest absolute Gasteiger partial charge is 0.227 e. The second-order valence-electron chi connectivity index (χ2n) is 4.80. The molecule has 1 aliphatic rings. The van der Waals surface area contributed by atoms with E-state index in [2.05, 4.69) is 15.6 Å². The molecular weight excluding hydrogens is 228 g/mol. The Balaban J connectivity index is 2.06. The van der Waals surface area contributed by atoms with Crippen LogP contribution in [0.25, 0.3) is 0 Å². The molecule has 0 bridgehead atoms. The molecule has 5 nitrogen and oxygen atoms in total. The molecule has 1 saturated heterocycles. The van der Waals surface area contributed by atoms with Gasteiger partial charge in [0.1, 0.15) is 0 Å². The summed E-state index contributed by atoms with van der Waals surface area (Å²) in [5.41, 5.74) is 1.76. The first-order valence-corrected chi connectivity index (χ1v) is 6.31. The molecule has 0 saturated carbocycles. The fourth-order valence-electron chi connectivity index (χ4n) is 2.19. The van der Waals surface area contributed by atoms with Gasteiger partial charge < -0.3 is 15.5 Å². The van der Waals surface area contributed by atoms with E-state index < -0.39 is 0 Å². The highest BCUT2D eigenvalue weighted by Crippen LogP contribution is 2.24. The molecule has 1 aromatic rings. The molecule has 1 aliphatic heterocycles. The van der Waals surface area contributed by atoms with Gasteiger partial charge in [0.05, 0.1) is 17.6 Å². The van der Waals surface area contributed by atoms with Gasteiger partial charge in [0, 0.05) is 26.2 Å². The van der Waals surface area contributed by atoms with Crippen LogP contribution < -0.4 is 15.5 Å². The standard InChI is InChI=1S/C13H20N4O/c1-17(2)12-5-8-15-9-11(12)16-13(18)10-3-6-14-7-4-10/h5,8-10,14H,3-4,6-7H2,1-2H3,(H,16,18). The van der Waals surface area contributed by atoms with E-state index in [1.165, 1.54) is 0 Å². The number of hydrogen-bond acceptors (Lipinski definition) is 4. The highest BCUT2D eigenvalue weighted by molar-refractivity contribution is 5.95. The average Bonchev–Trinajstić information content (AvgIpc) is 2.40. The molecule has 0 atom stereocenters. The van der Waals surface area contributed by atoms with Crippen LogP contribution >= 0.6 is 0 Å². The van der Waals surface area contributed by atoms with Crippen molar-refractivity contribution in [1.29, 1.82) is 0 Å². The number of carbonyl (C=O) groups excluding carboxylic acids is 1. The van der Waals surface area contributed by atoms with Crippen LogP contribution in [0.2, 0.25) is 0 Å². The largest absolute Gasteiger partial charge is 0.376 e. The molecule has 0 aliphatic carbocycles. The van der Waals surface area contributed by atoms with Crippen LogP contribution in [-0.2, 0) is 4.79 Å². The van der Waals surface area contributed by atoms with E-state index in [1.807, 2.05) is 25.1 Å². The van der Waals surface area contributed by atoms with Gasteiger partial charge in [0.15, 0.2) is 0 Å². The van der Waals surface area contributed by atoms with Gasteiger partial charge in [-0.2, -0.15) is 0 Å². The molecule has 2 heterocycles. The van der Waals surface area contributed by atoms with E-state index in [-0.39, 0.29) is 11.8 Å². The van der Waals surface area contributed by atoms with E-state index in [0.29, 0.717) is 0 Å². The highest BCUT2D eigenvalue weighted by atomic mass is 16.1. The lowest BCUT2D eigenvalue weighted by Crippen LogP contribution is -2.34. The summed E-state index contributed by atoms with van der Waals surface area (Å²) in [6, 6.07) is 1.90. The minimum Gasteiger partial charge on any atom is -0.376 e. The number of nitrogens with zero attached hydrogens (tertiary/aromatic N) is 2. The molecule has 0 unspecified atom stereocenters. The molecule has 2 N–H and O–H groups in total. The highest BCUT2D eigenvalue weighted by Gasteiger charge is 2.21. The fourth-order valence-corrected chi connectivity index (χ4v) is 2.19. The molecular formula is C13H20N4O. The number of nitrogens with one attached hydrogen (secondary N) is 2. The Hall–Kier alpha value is -1.62. The summed E-state index contributed by atoms with van der Waals surface area (Å²) in [4.78, 5) is 18.2. The van der Waals surface area contributed by atoms with E-state index in [0.717, 1.165) is 37.3 Å². The van der Waals surface area contributed by atoms with E-state index in [4.69, 9.17) is 0 Å². The van der Waals surface area contributed by atoms with Crippen molar-refractivity contribution in [3.8, 4) is 0 Å². The molecule has 0 aromatic carbocycles. The molecule has 18 heavy (non-hydrogen) atoms. The van der Waals surface area contributed by atoms with Crippen molar-refractivity contribution >= 4 is 17.3 Å². The number of aromatic nitrogens is 1. The van der Waals surface area contributed by atoms with Crippen LogP contribution in [0.3, 0.4) is 0 Å². The van der Waals surface area contributed by atoms with E-state index in [9.17, 15) is 4.79 Å². The lowest BCUT2D eigenvalue weighted by molar-refractivity contribution is -0.120. The Morgan fingerprint density at radius 1 is 1.44 bits per heavy atom. The monoisotopic (exact) mass is 248 g/mol. The summed E-state index contributed by atoms with van der Waals surface area (Å²) in [6.45, 7) is 1.84. The molecule has 1 amide bonds. The predicted molar refractivity (Wildman–Crippen MR) is 72.8 cm³/mol. The maximum absolute atomic E-state index is 12.2. The van der Waals surface area contributed by atoms with Crippen molar-refractivity contribution in [2.24, 2.45) is 5.92 Å². The van der Waals surface area contributed by atoms with Crippen LogP contribution in [0.4, 0.5) is 11.4 Å². The molecule has 0 radical (unpaired) electrons. The zero-order valence-electron chi connectivity index (χ0n) is 10.9. The molecule has 2 rings (SSSR count). The summed E-state index contributed by atoms with van der Waals surface area (Å²) in [6.07, 6.45) is 5.25. The van der Waals surface area contributed by atoms with Gasteiger partial charge in [-0.25, -0.2) is 0 Å². The van der Waals surface area contributed by atoms with Gasteiger partial charge in [0.2, 0.25) is 5.91 Å². The number of carbonyl (C=O) groups is 1. The Morgan fingerprint density at radius 3 is 2.83 bits per heavy atom. The second-order valence-corrected chi connectivity index (χ2v) is 4.80. The number of hydrogen-bond donors (Lipinski definition) is 2. The van der Waals surface area contributed by atoms with Gasteiger partial charge in [-0.05, 0) is 32.0 Å². The lowest BCUT2D eigenvalue weighted by atomic mass is 9.97.